The Morgan fingerprint density at radius 2 is 0.615 bits per heavy atom. The number of rotatable bonds is 48. The van der Waals surface area contributed by atoms with Crippen molar-refractivity contribution in [3.8, 4) is 0 Å². The van der Waals surface area contributed by atoms with Gasteiger partial charge in [-0.1, -0.05) is 215 Å². The van der Waals surface area contributed by atoms with Crippen LogP contribution in [0.1, 0.15) is 252 Å². The number of esters is 3. The van der Waals surface area contributed by atoms with Crippen LogP contribution >= 0.6 is 0 Å². The molecule has 6 heteroatoms. The third-order valence-corrected chi connectivity index (χ3v) is 11.4. The van der Waals surface area contributed by atoms with Crippen molar-refractivity contribution in [2.75, 3.05) is 13.2 Å². The maximum absolute atomic E-state index is 12.8. The van der Waals surface area contributed by atoms with Gasteiger partial charge in [0.2, 0.25) is 0 Å². The molecule has 0 heterocycles. The molecule has 0 saturated heterocycles. The van der Waals surface area contributed by atoms with Crippen LogP contribution in [0.4, 0.5) is 0 Å². The van der Waals surface area contributed by atoms with Crippen LogP contribution in [-0.4, -0.2) is 37.2 Å². The quantitative estimate of drug-likeness (QED) is 0.0262. The van der Waals surface area contributed by atoms with Gasteiger partial charge in [-0.05, 0) is 103 Å². The Hall–Kier alpha value is -3.41. The minimum absolute atomic E-state index is 0.115. The molecule has 0 fully saturated rings. The van der Waals surface area contributed by atoms with Crippen LogP contribution in [0.2, 0.25) is 0 Å². The summed E-state index contributed by atoms with van der Waals surface area (Å²) in [5.41, 5.74) is 0. The number of carbonyl (C=O) groups is 3. The third-order valence-electron chi connectivity index (χ3n) is 11.4. The fourth-order valence-electron chi connectivity index (χ4n) is 7.30. The summed E-state index contributed by atoms with van der Waals surface area (Å²) in [6, 6.07) is 0. The first-order chi connectivity index (χ1) is 32.0. The summed E-state index contributed by atoms with van der Waals surface area (Å²) in [4.78, 5) is 38.0. The molecule has 372 valence electrons. The number of hydrogen-bond donors (Lipinski definition) is 0. The molecule has 6 nitrogen and oxygen atoms in total. The zero-order valence-electron chi connectivity index (χ0n) is 42.5. The highest BCUT2D eigenvalue weighted by molar-refractivity contribution is 5.71. The Kier molecular flexibility index (Phi) is 50.4. The van der Waals surface area contributed by atoms with Gasteiger partial charge in [0.15, 0.2) is 6.10 Å². The number of hydrogen-bond acceptors (Lipinski definition) is 6. The highest BCUT2D eigenvalue weighted by Gasteiger charge is 2.19. The van der Waals surface area contributed by atoms with Crippen molar-refractivity contribution >= 4 is 17.9 Å². The molecule has 0 aliphatic heterocycles. The van der Waals surface area contributed by atoms with Gasteiger partial charge in [0.25, 0.3) is 0 Å². The summed E-state index contributed by atoms with van der Waals surface area (Å²) in [6.45, 7) is 6.42. The van der Waals surface area contributed by atoms with E-state index in [0.717, 1.165) is 64.2 Å². The van der Waals surface area contributed by atoms with E-state index in [-0.39, 0.29) is 44.0 Å². The highest BCUT2D eigenvalue weighted by atomic mass is 16.6. The summed E-state index contributed by atoms with van der Waals surface area (Å²) in [6.07, 6.45) is 68.8. The van der Waals surface area contributed by atoms with Crippen molar-refractivity contribution in [1.82, 2.24) is 0 Å². The molecule has 0 saturated carbocycles. The van der Waals surface area contributed by atoms with Crippen molar-refractivity contribution < 1.29 is 28.6 Å². The number of allylic oxidation sites excluding steroid dienone is 14. The van der Waals surface area contributed by atoms with E-state index in [2.05, 4.69) is 106 Å². The molecule has 65 heavy (non-hydrogen) atoms. The van der Waals surface area contributed by atoms with Crippen LogP contribution in [0, 0.1) is 0 Å². The second-order valence-corrected chi connectivity index (χ2v) is 17.7. The first-order valence-electron chi connectivity index (χ1n) is 27.1. The molecule has 1 atom stereocenters. The van der Waals surface area contributed by atoms with Gasteiger partial charge in [-0.15, -0.1) is 0 Å². The van der Waals surface area contributed by atoms with Gasteiger partial charge in [0.05, 0.1) is 0 Å². The van der Waals surface area contributed by atoms with E-state index < -0.39 is 6.10 Å². The molecule has 0 aromatic heterocycles. The van der Waals surface area contributed by atoms with Crippen molar-refractivity contribution in [1.29, 1.82) is 0 Å². The zero-order chi connectivity index (χ0) is 47.2. The molecule has 1 unspecified atom stereocenters. The van der Waals surface area contributed by atoms with E-state index in [1.807, 2.05) is 0 Å². The molecule has 0 spiro atoms. The van der Waals surface area contributed by atoms with Crippen LogP contribution in [-0.2, 0) is 28.6 Å². The monoisotopic (exact) mass is 905 g/mol. The average molecular weight is 905 g/mol. The number of ether oxygens (including phenoxy) is 3. The van der Waals surface area contributed by atoms with Crippen molar-refractivity contribution in [3.63, 3.8) is 0 Å². The maximum Gasteiger partial charge on any atom is 0.306 e. The van der Waals surface area contributed by atoms with E-state index in [0.29, 0.717) is 19.3 Å². The number of unbranched alkanes of at least 4 members (excludes halogenated alkanes) is 23. The van der Waals surface area contributed by atoms with Crippen LogP contribution in [0.15, 0.2) is 85.1 Å². The Morgan fingerprint density at radius 1 is 0.323 bits per heavy atom. The molecule has 0 aliphatic carbocycles. The molecule has 0 N–H and O–H groups in total. The lowest BCUT2D eigenvalue weighted by Gasteiger charge is -2.18. The minimum atomic E-state index is -0.824. The van der Waals surface area contributed by atoms with E-state index in [1.54, 1.807) is 0 Å². The molecule has 0 bridgehead atoms. The van der Waals surface area contributed by atoms with E-state index >= 15 is 0 Å². The van der Waals surface area contributed by atoms with Crippen molar-refractivity contribution in [2.24, 2.45) is 0 Å². The van der Waals surface area contributed by atoms with Gasteiger partial charge in [-0.25, -0.2) is 0 Å². The largest absolute Gasteiger partial charge is 0.462 e. The Labute approximate surface area is 401 Å². The zero-order valence-corrected chi connectivity index (χ0v) is 42.5. The predicted molar refractivity (Wildman–Crippen MR) is 279 cm³/mol. The van der Waals surface area contributed by atoms with Gasteiger partial charge in [0, 0.05) is 19.3 Å². The minimum Gasteiger partial charge on any atom is -0.462 e. The standard InChI is InChI=1S/C59H100O6/c1-4-7-10-13-16-19-22-24-26-28-29-31-32-34-37-40-43-46-49-52-58(61)64-55-56(54-63-57(60)51-48-45-42-39-36-21-18-15-12-9-6-3)65-59(62)53-50-47-44-41-38-35-33-30-27-25-23-20-17-14-11-8-5-2/h9,12,18,21,25,27-29,33,35,39,41-42,44,56H,4-8,10-11,13-17,19-20,22-24,26,30-32,34,36-38,40,43,45-55H2,1-3H3/b12-9-,21-18-,27-25-,29-28-,35-33-,42-39-,44-41-. The van der Waals surface area contributed by atoms with E-state index in [9.17, 15) is 14.4 Å². The van der Waals surface area contributed by atoms with Crippen molar-refractivity contribution in [2.45, 2.75) is 258 Å². The summed E-state index contributed by atoms with van der Waals surface area (Å²) in [5, 5.41) is 0. The molecule has 0 radical (unpaired) electrons. The first kappa shape index (κ1) is 61.6. The SMILES string of the molecule is CC/C=C\C/C=C\C/C=C\CCCC(=O)OCC(COC(=O)CCCCCCCCC/C=C\CCCCCCCCCC)OC(=O)CCC/C=C\C/C=C\C/C=C\CCCCCCCC. The second-order valence-electron chi connectivity index (χ2n) is 17.7. The van der Waals surface area contributed by atoms with E-state index in [4.69, 9.17) is 14.2 Å². The molecule has 0 aromatic carbocycles. The van der Waals surface area contributed by atoms with Gasteiger partial charge < -0.3 is 14.2 Å². The summed E-state index contributed by atoms with van der Waals surface area (Å²) in [7, 11) is 0. The van der Waals surface area contributed by atoms with Crippen LogP contribution < -0.4 is 0 Å². The van der Waals surface area contributed by atoms with E-state index in [1.165, 1.54) is 135 Å². The highest BCUT2D eigenvalue weighted by Crippen LogP contribution is 2.14. The lowest BCUT2D eigenvalue weighted by Crippen LogP contribution is -2.30. The molecular weight excluding hydrogens is 805 g/mol. The van der Waals surface area contributed by atoms with Gasteiger partial charge in [-0.2, -0.15) is 0 Å². The second kappa shape index (κ2) is 53.2. The number of carbonyl (C=O) groups excluding carboxylic acids is 3. The molecular formula is C59H100O6. The van der Waals surface area contributed by atoms with Crippen molar-refractivity contribution in [3.05, 3.63) is 85.1 Å². The van der Waals surface area contributed by atoms with Crippen LogP contribution in [0.5, 0.6) is 0 Å². The lowest BCUT2D eigenvalue weighted by atomic mass is 10.1. The summed E-state index contributed by atoms with van der Waals surface area (Å²) in [5.74, 6) is -1.03. The summed E-state index contributed by atoms with van der Waals surface area (Å²) < 4.78 is 16.7. The average Bonchev–Trinajstić information content (AvgIpc) is 3.30. The molecule has 0 rings (SSSR count). The maximum atomic E-state index is 12.8. The van der Waals surface area contributed by atoms with Crippen LogP contribution in [0.3, 0.4) is 0 Å². The smallest absolute Gasteiger partial charge is 0.306 e. The Morgan fingerprint density at radius 3 is 1.02 bits per heavy atom. The third kappa shape index (κ3) is 51.4. The first-order valence-corrected chi connectivity index (χ1v) is 27.1. The summed E-state index contributed by atoms with van der Waals surface area (Å²) >= 11 is 0. The molecule has 0 aliphatic rings. The Bertz CT molecular complexity index is 1270. The topological polar surface area (TPSA) is 78.9 Å². The predicted octanol–water partition coefficient (Wildman–Crippen LogP) is 18.0. The lowest BCUT2D eigenvalue weighted by molar-refractivity contribution is -0.167. The fourth-order valence-corrected chi connectivity index (χ4v) is 7.30. The molecule has 0 aromatic rings. The van der Waals surface area contributed by atoms with Gasteiger partial charge >= 0.3 is 17.9 Å². The normalized spacial score (nSPS) is 12.7. The molecule has 0 amide bonds. The fraction of sp³-hybridized carbons (Fsp3) is 0.712. The Balaban J connectivity index is 4.46. The van der Waals surface area contributed by atoms with Gasteiger partial charge in [0.1, 0.15) is 13.2 Å². The van der Waals surface area contributed by atoms with Crippen LogP contribution in [0.25, 0.3) is 0 Å². The van der Waals surface area contributed by atoms with Gasteiger partial charge in [-0.3, -0.25) is 14.4 Å².